The monoisotopic (exact) mass is 468 g/mol. The van der Waals surface area contributed by atoms with Gasteiger partial charge in [-0.05, 0) is 51.3 Å². The molecule has 1 fully saturated rings. The van der Waals surface area contributed by atoms with Gasteiger partial charge in [-0.25, -0.2) is 14.4 Å². The van der Waals surface area contributed by atoms with Crippen LogP contribution < -0.4 is 10.6 Å². The fourth-order valence-electron chi connectivity index (χ4n) is 3.30. The lowest BCUT2D eigenvalue weighted by molar-refractivity contribution is -0.122. The number of halogens is 1. The summed E-state index contributed by atoms with van der Waals surface area (Å²) in [6.07, 6.45) is 5.27. The Bertz CT molecular complexity index is 1140. The molecule has 1 amide bonds. The van der Waals surface area contributed by atoms with E-state index in [-0.39, 0.29) is 24.9 Å². The number of piperazine rings is 1. The summed E-state index contributed by atoms with van der Waals surface area (Å²) in [7, 11) is 0. The molecule has 1 saturated heterocycles. The van der Waals surface area contributed by atoms with Gasteiger partial charge in [0, 0.05) is 42.3 Å². The first kappa shape index (κ1) is 24.5. The van der Waals surface area contributed by atoms with Crippen LogP contribution in [0.3, 0.4) is 0 Å². The van der Waals surface area contributed by atoms with Crippen molar-refractivity contribution in [2.24, 2.45) is 9.98 Å². The van der Waals surface area contributed by atoms with Crippen molar-refractivity contribution in [3.8, 4) is 0 Å². The maximum absolute atomic E-state index is 13.4. The number of ether oxygens (including phenoxy) is 1. The molecule has 0 atom stereocenters. The number of anilines is 1. The van der Waals surface area contributed by atoms with Crippen molar-refractivity contribution < 1.29 is 13.9 Å². The molecule has 3 heterocycles. The number of nitrogens with one attached hydrogen (secondary N) is 4. The minimum absolute atomic E-state index is 0.0160. The van der Waals surface area contributed by atoms with E-state index in [1.54, 1.807) is 17.1 Å². The molecule has 2 aromatic rings. The Morgan fingerprint density at radius 2 is 2.18 bits per heavy atom. The maximum atomic E-state index is 13.4. The Labute approximate surface area is 197 Å². The topological polar surface area (TPSA) is 123 Å². The van der Waals surface area contributed by atoms with Gasteiger partial charge in [-0.3, -0.25) is 9.89 Å². The zero-order valence-corrected chi connectivity index (χ0v) is 19.5. The van der Waals surface area contributed by atoms with E-state index in [1.807, 2.05) is 32.9 Å². The van der Waals surface area contributed by atoms with Gasteiger partial charge in [-0.1, -0.05) is 0 Å². The number of amides is 1. The smallest absolute Gasteiger partial charge is 0.239 e. The third kappa shape index (κ3) is 6.92. The second kappa shape index (κ2) is 11.6. The Morgan fingerprint density at radius 1 is 1.35 bits per heavy atom. The van der Waals surface area contributed by atoms with Crippen molar-refractivity contribution in [3.05, 3.63) is 64.8 Å². The molecule has 1 aliphatic heterocycles. The van der Waals surface area contributed by atoms with Gasteiger partial charge in [0.2, 0.25) is 5.91 Å². The third-order valence-electron chi connectivity index (χ3n) is 4.93. The van der Waals surface area contributed by atoms with Gasteiger partial charge in [-0.2, -0.15) is 5.10 Å². The number of H-pyrrole nitrogens is 2. The van der Waals surface area contributed by atoms with Crippen molar-refractivity contribution in [2.75, 3.05) is 31.7 Å². The normalized spacial score (nSPS) is 15.6. The molecule has 4 N–H and O–H groups in total. The highest BCUT2D eigenvalue weighted by atomic mass is 19.1. The van der Waals surface area contributed by atoms with Crippen LogP contribution in [-0.2, 0) is 9.53 Å². The second-order valence-electron chi connectivity index (χ2n) is 7.70. The molecule has 180 valence electrons. The first-order valence-corrected chi connectivity index (χ1v) is 10.7. The van der Waals surface area contributed by atoms with Gasteiger partial charge >= 0.3 is 0 Å². The second-order valence-corrected chi connectivity index (χ2v) is 7.70. The largest absolute Gasteiger partial charge is 0.469 e. The number of hydrogen-bond acceptors (Lipinski definition) is 6. The highest BCUT2D eigenvalue weighted by Crippen LogP contribution is 2.13. The Morgan fingerprint density at radius 3 is 2.79 bits per heavy atom. The number of nitrogens with zero attached hydrogens (tertiary/aromatic N) is 4. The molecular formula is C23H29FN8O2. The van der Waals surface area contributed by atoms with Gasteiger partial charge in [0.25, 0.3) is 0 Å². The SMILES string of the molecule is C=N/C(=C\C(=N/COC(/C=C\c1[nH]c(C)cc1C)=C\F)N1CCNC(=O)C1)Nc1cc(C)[nH]n1. The molecule has 34 heavy (non-hydrogen) atoms. The maximum Gasteiger partial charge on any atom is 0.239 e. The quantitative estimate of drug-likeness (QED) is 0.195. The van der Waals surface area contributed by atoms with Crippen LogP contribution in [-0.4, -0.2) is 64.9 Å². The zero-order valence-electron chi connectivity index (χ0n) is 19.5. The minimum atomic E-state index is -0.168. The number of aryl methyl sites for hydroxylation is 3. The fourth-order valence-corrected chi connectivity index (χ4v) is 3.30. The summed E-state index contributed by atoms with van der Waals surface area (Å²) in [5, 5.41) is 12.8. The number of aromatic nitrogens is 3. The molecule has 10 nitrogen and oxygen atoms in total. The number of aromatic amines is 2. The van der Waals surface area contributed by atoms with Crippen molar-refractivity contribution >= 4 is 30.4 Å². The third-order valence-corrected chi connectivity index (χ3v) is 4.93. The summed E-state index contributed by atoms with van der Waals surface area (Å²) in [4.78, 5) is 25.3. The molecule has 2 aromatic heterocycles. The van der Waals surface area contributed by atoms with E-state index in [2.05, 4.69) is 42.5 Å². The number of aliphatic imine (C=N–C) groups is 2. The molecule has 0 bridgehead atoms. The molecule has 1 aliphatic rings. The molecular weight excluding hydrogens is 439 g/mol. The van der Waals surface area contributed by atoms with Crippen molar-refractivity contribution in [3.63, 3.8) is 0 Å². The van der Waals surface area contributed by atoms with E-state index in [0.717, 1.165) is 22.6 Å². The highest BCUT2D eigenvalue weighted by Gasteiger charge is 2.19. The molecule has 11 heteroatoms. The van der Waals surface area contributed by atoms with Crippen LogP contribution in [0, 0.1) is 20.8 Å². The summed E-state index contributed by atoms with van der Waals surface area (Å²) >= 11 is 0. The molecule has 0 spiro atoms. The van der Waals surface area contributed by atoms with Crippen LogP contribution in [0.25, 0.3) is 6.08 Å². The summed E-state index contributed by atoms with van der Waals surface area (Å²) < 4.78 is 18.9. The number of carbonyl (C=O) groups excluding carboxylic acids is 1. The van der Waals surface area contributed by atoms with Crippen molar-refractivity contribution in [1.29, 1.82) is 0 Å². The highest BCUT2D eigenvalue weighted by molar-refractivity contribution is 5.97. The van der Waals surface area contributed by atoms with Gasteiger partial charge in [0.1, 0.15) is 23.7 Å². The van der Waals surface area contributed by atoms with Gasteiger partial charge < -0.3 is 25.3 Å². The summed E-state index contributed by atoms with van der Waals surface area (Å²) in [5.41, 5.74) is 3.81. The van der Waals surface area contributed by atoms with E-state index in [0.29, 0.717) is 36.9 Å². The number of rotatable bonds is 9. The van der Waals surface area contributed by atoms with Crippen molar-refractivity contribution in [1.82, 2.24) is 25.4 Å². The average molecular weight is 469 g/mol. The lowest BCUT2D eigenvalue weighted by atomic mass is 10.2. The molecule has 0 saturated carbocycles. The molecule has 0 aliphatic carbocycles. The van der Waals surface area contributed by atoms with Crippen LogP contribution in [0.15, 0.2) is 52.2 Å². The number of allylic oxidation sites excluding steroid dienone is 1. The summed E-state index contributed by atoms with van der Waals surface area (Å²) in [6, 6.07) is 3.81. The van der Waals surface area contributed by atoms with E-state index in [9.17, 15) is 9.18 Å². The van der Waals surface area contributed by atoms with Gasteiger partial charge in [0.15, 0.2) is 12.5 Å². The first-order valence-electron chi connectivity index (χ1n) is 10.7. The van der Waals surface area contributed by atoms with Gasteiger partial charge in [0.05, 0.1) is 6.54 Å². The average Bonchev–Trinajstić information content (AvgIpc) is 3.37. The molecule has 3 rings (SSSR count). The molecule has 0 unspecified atom stereocenters. The zero-order chi connectivity index (χ0) is 24.5. The van der Waals surface area contributed by atoms with E-state index in [4.69, 9.17) is 4.74 Å². The first-order chi connectivity index (χ1) is 16.4. The lowest BCUT2D eigenvalue weighted by Gasteiger charge is -2.28. The minimum Gasteiger partial charge on any atom is -0.469 e. The van der Waals surface area contributed by atoms with Crippen LogP contribution in [0.5, 0.6) is 0 Å². The molecule has 0 aromatic carbocycles. The van der Waals surface area contributed by atoms with Crippen molar-refractivity contribution in [2.45, 2.75) is 20.8 Å². The van der Waals surface area contributed by atoms with E-state index < -0.39 is 0 Å². The predicted molar refractivity (Wildman–Crippen MR) is 131 cm³/mol. The summed E-state index contributed by atoms with van der Waals surface area (Å²) in [5.74, 6) is 1.28. The fraction of sp³-hybridized carbons (Fsp3) is 0.304. The number of hydrogen-bond donors (Lipinski definition) is 4. The van der Waals surface area contributed by atoms with Crippen LogP contribution in [0.4, 0.5) is 10.2 Å². The number of carbonyl (C=O) groups is 1. The van der Waals surface area contributed by atoms with Crippen LogP contribution >= 0.6 is 0 Å². The standard InChI is InChI=1S/C23H29FN8O2/c1-15-9-16(2)28-19(15)6-5-18(12-24)34-14-27-22(32-8-7-26-23(33)13-32)11-20(25-4)29-21-10-17(3)30-31-21/h5-6,9-12,28H,4,7-8,13-14H2,1-3H3,(H,26,33)(H2,29,30,31)/b6-5-,18-12-,20-11+,27-22+. The van der Waals surface area contributed by atoms with E-state index >= 15 is 0 Å². The van der Waals surface area contributed by atoms with Gasteiger partial charge in [-0.15, -0.1) is 0 Å². The lowest BCUT2D eigenvalue weighted by Crippen LogP contribution is -2.49. The number of amidine groups is 1. The van der Waals surface area contributed by atoms with E-state index in [1.165, 1.54) is 6.08 Å². The summed E-state index contributed by atoms with van der Waals surface area (Å²) in [6.45, 7) is 10.4. The van der Waals surface area contributed by atoms with Crippen LogP contribution in [0.2, 0.25) is 0 Å². The predicted octanol–water partition coefficient (Wildman–Crippen LogP) is 2.95. The van der Waals surface area contributed by atoms with Crippen LogP contribution in [0.1, 0.15) is 22.6 Å². The Hall–Kier alpha value is -4.15. The molecule has 0 radical (unpaired) electrons. The Kier molecular flexibility index (Phi) is 8.38. The Balaban J connectivity index is 1.75.